The maximum Gasteiger partial charge on any atom is 0.407 e. The first-order valence-corrected chi connectivity index (χ1v) is 22.9. The highest BCUT2D eigenvalue weighted by Crippen LogP contribution is 2.66. The zero-order valence-electron chi connectivity index (χ0n) is 39.0. The van der Waals surface area contributed by atoms with E-state index < -0.39 is 112 Å². The molecule has 4 unspecified atom stereocenters. The van der Waals surface area contributed by atoms with Crippen LogP contribution < -0.4 is 5.32 Å². The molecule has 3 N–H and O–H groups in total. The standard InChI is InChI=1S/C48H68N2O14/c1-26-30(59-41(54)34(52)37(45(8)23-57-24-45)49-42(55)64-43(3,4)5)20-48(56)39(62-40(53)29-14-12-11-13-15-29)36-46(9,19-18-31-47(36,25-58-31)63-27(2)51)38-35(33(26)44(48,6)7)60-32(61-38)22-50(10)21-28-16-17-28/h11-15,28,30-32,34-39,52,56H,16-25H2,1-10H3,(H,49,55)/t30-,31?,32+,34+,35?,36?,37+,38?,39-,46+,47-,48+/m0/s1. The van der Waals surface area contributed by atoms with Crippen molar-refractivity contribution in [2.45, 2.75) is 160 Å². The Balaban J connectivity index is 1.25. The van der Waals surface area contributed by atoms with Crippen LogP contribution in [0.25, 0.3) is 0 Å². The van der Waals surface area contributed by atoms with Crippen LogP contribution in [0.4, 0.5) is 4.79 Å². The molecule has 16 heteroatoms. The number of nitrogens with zero attached hydrogens (tertiary/aromatic N) is 1. The minimum absolute atomic E-state index is 0.0138. The number of carbonyl (C=O) groups is 4. The summed E-state index contributed by atoms with van der Waals surface area (Å²) in [4.78, 5) is 57.5. The van der Waals surface area contributed by atoms with Crippen LogP contribution in [0.15, 0.2) is 41.5 Å². The smallest absolute Gasteiger partial charge is 0.407 e. The number of ether oxygens (including phenoxy) is 8. The predicted octanol–water partition coefficient (Wildman–Crippen LogP) is 4.47. The van der Waals surface area contributed by atoms with E-state index in [9.17, 15) is 29.4 Å². The van der Waals surface area contributed by atoms with E-state index in [2.05, 4.69) is 10.2 Å². The Bertz CT molecular complexity index is 2010. The Labute approximate surface area is 375 Å². The molecular formula is C48H68N2O14. The fraction of sp³-hybridized carbons (Fsp3) is 0.750. The summed E-state index contributed by atoms with van der Waals surface area (Å²) in [6, 6.07) is 7.30. The summed E-state index contributed by atoms with van der Waals surface area (Å²) in [6.07, 6.45) is -5.08. The quantitative estimate of drug-likeness (QED) is 0.151. The summed E-state index contributed by atoms with van der Waals surface area (Å²) >= 11 is 0. The SMILES string of the molecule is CC(=O)O[C@@]12COC1CC[C@@]1(C)C3O[C@H](CN(C)CC4CC4)OC3C3=C(C)[C@@H](OC(=O)[C@H](O)[C@@H](NC(=O)OC(C)(C)C)C4(C)COC4)C[C@@](O)([C@@H](OC(=O)c4ccccc4)C12)C3(C)C. The number of carbonyl (C=O) groups excluding carboxylic acids is 4. The topological polar surface area (TPSA) is 198 Å². The Morgan fingerprint density at radius 1 is 0.969 bits per heavy atom. The van der Waals surface area contributed by atoms with Crippen molar-refractivity contribution in [3.63, 3.8) is 0 Å². The molecule has 2 bridgehead atoms. The first kappa shape index (κ1) is 46.9. The molecule has 64 heavy (non-hydrogen) atoms. The molecule has 3 heterocycles. The average Bonchev–Trinajstić information content (AvgIpc) is 3.91. The number of amides is 1. The van der Waals surface area contributed by atoms with Gasteiger partial charge < -0.3 is 58.3 Å². The first-order valence-electron chi connectivity index (χ1n) is 22.9. The molecule has 7 aliphatic rings. The molecule has 16 nitrogen and oxygen atoms in total. The molecule has 354 valence electrons. The van der Waals surface area contributed by atoms with E-state index in [1.807, 2.05) is 34.7 Å². The molecule has 4 aliphatic carbocycles. The summed E-state index contributed by atoms with van der Waals surface area (Å²) in [5, 5.41) is 28.5. The molecule has 6 fully saturated rings. The van der Waals surface area contributed by atoms with Crippen LogP contribution >= 0.6 is 0 Å². The van der Waals surface area contributed by atoms with Crippen LogP contribution in [0.3, 0.4) is 0 Å². The molecule has 0 radical (unpaired) electrons. The largest absolute Gasteiger partial charge is 0.456 e. The van der Waals surface area contributed by atoms with Crippen LogP contribution in [0.5, 0.6) is 0 Å². The molecule has 1 amide bonds. The second-order valence-electron chi connectivity index (χ2n) is 21.8. The van der Waals surface area contributed by atoms with Crippen LogP contribution in [-0.4, -0.2) is 145 Å². The van der Waals surface area contributed by atoms with Gasteiger partial charge in [0.25, 0.3) is 0 Å². The van der Waals surface area contributed by atoms with Gasteiger partial charge in [-0.1, -0.05) is 45.9 Å². The van der Waals surface area contributed by atoms with Gasteiger partial charge in [0.2, 0.25) is 0 Å². The van der Waals surface area contributed by atoms with Gasteiger partial charge in [-0.05, 0) is 89.6 Å². The fourth-order valence-electron chi connectivity index (χ4n) is 11.9. The molecule has 0 aromatic heterocycles. The lowest BCUT2D eigenvalue weighted by Gasteiger charge is -2.68. The van der Waals surface area contributed by atoms with E-state index in [1.165, 1.54) is 19.8 Å². The number of likely N-dealkylation sites (N-methyl/N-ethyl adjacent to an activating group) is 1. The van der Waals surface area contributed by atoms with Crippen molar-refractivity contribution in [2.24, 2.45) is 28.1 Å². The van der Waals surface area contributed by atoms with Crippen molar-refractivity contribution in [2.75, 3.05) is 40.0 Å². The van der Waals surface area contributed by atoms with E-state index in [-0.39, 0.29) is 31.8 Å². The molecule has 0 spiro atoms. The number of fused-ring (bicyclic) bond motifs is 8. The van der Waals surface area contributed by atoms with Gasteiger partial charge in [-0.25, -0.2) is 14.4 Å². The van der Waals surface area contributed by atoms with Gasteiger partial charge in [-0.15, -0.1) is 0 Å². The molecule has 3 saturated heterocycles. The highest BCUT2D eigenvalue weighted by atomic mass is 16.7. The first-order chi connectivity index (χ1) is 29.9. The predicted molar refractivity (Wildman–Crippen MR) is 228 cm³/mol. The molecule has 3 aliphatic heterocycles. The van der Waals surface area contributed by atoms with Gasteiger partial charge in [0.15, 0.2) is 18.0 Å². The second kappa shape index (κ2) is 16.6. The van der Waals surface area contributed by atoms with Crippen molar-refractivity contribution in [3.05, 3.63) is 47.0 Å². The normalized spacial score (nSPS) is 36.9. The molecule has 1 aromatic carbocycles. The van der Waals surface area contributed by atoms with E-state index in [0.29, 0.717) is 36.5 Å². The highest BCUT2D eigenvalue weighted by Gasteiger charge is 2.77. The van der Waals surface area contributed by atoms with E-state index >= 15 is 0 Å². The number of aliphatic hydroxyl groups excluding tert-OH is 1. The van der Waals surface area contributed by atoms with Gasteiger partial charge in [-0.2, -0.15) is 0 Å². The molecule has 8 rings (SSSR count). The summed E-state index contributed by atoms with van der Waals surface area (Å²) in [6.45, 7) is 17.5. The third kappa shape index (κ3) is 8.16. The number of hydrogen-bond donors (Lipinski definition) is 3. The monoisotopic (exact) mass is 896 g/mol. The maximum atomic E-state index is 14.5. The van der Waals surface area contributed by atoms with E-state index in [1.54, 1.807) is 58.0 Å². The van der Waals surface area contributed by atoms with Crippen LogP contribution in [0, 0.1) is 28.1 Å². The number of benzene rings is 1. The minimum Gasteiger partial charge on any atom is -0.456 e. The van der Waals surface area contributed by atoms with Gasteiger partial charge >= 0.3 is 24.0 Å². The van der Waals surface area contributed by atoms with Crippen molar-refractivity contribution in [1.82, 2.24) is 10.2 Å². The fourth-order valence-corrected chi connectivity index (χ4v) is 11.9. The van der Waals surface area contributed by atoms with Crippen molar-refractivity contribution < 1.29 is 67.3 Å². The Morgan fingerprint density at radius 2 is 1.66 bits per heavy atom. The molecule has 3 saturated carbocycles. The van der Waals surface area contributed by atoms with Gasteiger partial charge in [0, 0.05) is 42.7 Å². The number of rotatable bonds is 12. The van der Waals surface area contributed by atoms with Crippen LogP contribution in [0.1, 0.15) is 105 Å². The van der Waals surface area contributed by atoms with E-state index in [0.717, 1.165) is 6.54 Å². The summed E-state index contributed by atoms with van der Waals surface area (Å²) in [5.74, 6) is -2.63. The number of hydrogen-bond acceptors (Lipinski definition) is 15. The number of nitrogens with one attached hydrogen (secondary N) is 1. The van der Waals surface area contributed by atoms with Gasteiger partial charge in [0.1, 0.15) is 35.6 Å². The van der Waals surface area contributed by atoms with Crippen molar-refractivity contribution in [1.29, 1.82) is 0 Å². The van der Waals surface area contributed by atoms with Crippen LogP contribution in [-0.2, 0) is 47.5 Å². The lowest BCUT2D eigenvalue weighted by Crippen LogP contribution is -2.79. The minimum atomic E-state index is -2.05. The Morgan fingerprint density at radius 3 is 2.23 bits per heavy atom. The maximum absolute atomic E-state index is 14.5. The summed E-state index contributed by atoms with van der Waals surface area (Å²) < 4.78 is 50.7. The summed E-state index contributed by atoms with van der Waals surface area (Å²) in [7, 11) is 2.04. The zero-order chi connectivity index (χ0) is 46.4. The zero-order valence-corrected chi connectivity index (χ0v) is 39.0. The van der Waals surface area contributed by atoms with Gasteiger partial charge in [0.05, 0.1) is 43.4 Å². The number of alkyl carbamates (subject to hydrolysis) is 1. The molecular weight excluding hydrogens is 829 g/mol. The number of aliphatic hydroxyl groups is 2. The van der Waals surface area contributed by atoms with Crippen molar-refractivity contribution >= 4 is 24.0 Å². The Kier molecular flexibility index (Phi) is 12.2. The lowest BCUT2D eigenvalue weighted by atomic mass is 9.45. The van der Waals surface area contributed by atoms with Gasteiger partial charge in [-0.3, -0.25) is 4.79 Å². The van der Waals surface area contributed by atoms with Crippen molar-refractivity contribution in [3.8, 4) is 0 Å². The third-order valence-electron chi connectivity index (χ3n) is 15.4. The highest BCUT2D eigenvalue weighted by molar-refractivity contribution is 5.89. The molecule has 1 aromatic rings. The number of esters is 3. The lowest BCUT2D eigenvalue weighted by molar-refractivity contribution is -0.345. The third-order valence-corrected chi connectivity index (χ3v) is 15.4. The Hall–Kier alpha value is -3.64. The second-order valence-corrected chi connectivity index (χ2v) is 21.8. The molecule has 12 atom stereocenters. The average molecular weight is 897 g/mol. The van der Waals surface area contributed by atoms with E-state index in [4.69, 9.17) is 37.9 Å². The van der Waals surface area contributed by atoms with Crippen LogP contribution in [0.2, 0.25) is 0 Å². The summed E-state index contributed by atoms with van der Waals surface area (Å²) in [5.41, 5.74) is -5.88.